The molecule has 0 unspecified atom stereocenters. The lowest BCUT2D eigenvalue weighted by Crippen LogP contribution is -2.21. The first-order chi connectivity index (χ1) is 14.1. The second-order valence-electron chi connectivity index (χ2n) is 6.20. The SMILES string of the molecule is Cc1ccccc1-n1ncc(C(=O)Nc2nc(C)c(SCC(N)=O)s2)c1C(F)(F)F. The van der Waals surface area contributed by atoms with E-state index in [-0.39, 0.29) is 16.6 Å². The van der Waals surface area contributed by atoms with Crippen LogP contribution in [0.1, 0.15) is 27.3 Å². The third-order valence-corrected chi connectivity index (χ3v) is 6.40. The average molecular weight is 455 g/mol. The van der Waals surface area contributed by atoms with E-state index in [9.17, 15) is 22.8 Å². The number of alkyl halides is 3. The molecule has 0 fully saturated rings. The molecule has 30 heavy (non-hydrogen) atoms. The van der Waals surface area contributed by atoms with Crippen molar-refractivity contribution in [2.45, 2.75) is 24.2 Å². The Labute approximate surface area is 177 Å². The normalized spacial score (nSPS) is 11.5. The van der Waals surface area contributed by atoms with E-state index in [1.165, 1.54) is 6.07 Å². The largest absolute Gasteiger partial charge is 0.434 e. The van der Waals surface area contributed by atoms with Crippen LogP contribution in [-0.4, -0.2) is 32.3 Å². The molecule has 0 bridgehead atoms. The molecule has 3 N–H and O–H groups in total. The minimum absolute atomic E-state index is 0.0256. The summed E-state index contributed by atoms with van der Waals surface area (Å²) in [5.41, 5.74) is 4.65. The van der Waals surface area contributed by atoms with Gasteiger partial charge in [-0.05, 0) is 25.5 Å². The number of aryl methyl sites for hydroxylation is 2. The van der Waals surface area contributed by atoms with Crippen molar-refractivity contribution in [1.82, 2.24) is 14.8 Å². The van der Waals surface area contributed by atoms with Crippen molar-refractivity contribution in [2.75, 3.05) is 11.1 Å². The van der Waals surface area contributed by atoms with Gasteiger partial charge in [-0.3, -0.25) is 14.9 Å². The number of hydrogen-bond donors (Lipinski definition) is 2. The lowest BCUT2D eigenvalue weighted by molar-refractivity contribution is -0.143. The van der Waals surface area contributed by atoms with Crippen molar-refractivity contribution < 1.29 is 22.8 Å². The quantitative estimate of drug-likeness (QED) is 0.551. The summed E-state index contributed by atoms with van der Waals surface area (Å²) in [6, 6.07) is 6.43. The second-order valence-corrected chi connectivity index (χ2v) is 8.45. The van der Waals surface area contributed by atoms with Gasteiger partial charge >= 0.3 is 6.18 Å². The number of thioether (sulfide) groups is 1. The van der Waals surface area contributed by atoms with E-state index in [2.05, 4.69) is 15.4 Å². The van der Waals surface area contributed by atoms with Crippen LogP contribution in [0.3, 0.4) is 0 Å². The van der Waals surface area contributed by atoms with E-state index in [0.717, 1.165) is 29.3 Å². The van der Waals surface area contributed by atoms with Crippen LogP contribution in [-0.2, 0) is 11.0 Å². The molecule has 7 nitrogen and oxygen atoms in total. The van der Waals surface area contributed by atoms with Gasteiger partial charge in [0.25, 0.3) is 5.91 Å². The number of primary amides is 1. The van der Waals surface area contributed by atoms with Gasteiger partial charge in [0, 0.05) is 0 Å². The Hall–Kier alpha value is -2.86. The van der Waals surface area contributed by atoms with Gasteiger partial charge in [0.2, 0.25) is 5.91 Å². The highest BCUT2D eigenvalue weighted by atomic mass is 32.2. The van der Waals surface area contributed by atoms with E-state index >= 15 is 0 Å². The summed E-state index contributed by atoms with van der Waals surface area (Å²) < 4.78 is 42.8. The average Bonchev–Trinajstić information content (AvgIpc) is 3.24. The smallest absolute Gasteiger partial charge is 0.369 e. The number of nitrogens with zero attached hydrogens (tertiary/aromatic N) is 3. The Morgan fingerprint density at radius 1 is 1.27 bits per heavy atom. The highest BCUT2D eigenvalue weighted by Crippen LogP contribution is 2.36. The number of carbonyl (C=O) groups is 2. The van der Waals surface area contributed by atoms with Gasteiger partial charge < -0.3 is 5.73 Å². The summed E-state index contributed by atoms with van der Waals surface area (Å²) in [5.74, 6) is -1.48. The highest BCUT2D eigenvalue weighted by molar-refractivity contribution is 8.01. The minimum Gasteiger partial charge on any atom is -0.369 e. The highest BCUT2D eigenvalue weighted by Gasteiger charge is 2.41. The minimum atomic E-state index is -4.81. The number of nitrogens with two attached hydrogens (primary N) is 1. The molecule has 0 aliphatic carbocycles. The number of amides is 2. The van der Waals surface area contributed by atoms with Gasteiger partial charge in [-0.25, -0.2) is 9.67 Å². The zero-order chi connectivity index (χ0) is 22.1. The van der Waals surface area contributed by atoms with Crippen LogP contribution in [0.5, 0.6) is 0 Å². The predicted octanol–water partition coefficient (Wildman–Crippen LogP) is 3.79. The topological polar surface area (TPSA) is 103 Å². The van der Waals surface area contributed by atoms with Crippen molar-refractivity contribution in [3.63, 3.8) is 0 Å². The fourth-order valence-corrected chi connectivity index (χ4v) is 4.51. The molecular formula is C18H16F3N5O2S2. The molecule has 0 saturated heterocycles. The van der Waals surface area contributed by atoms with Crippen molar-refractivity contribution in [2.24, 2.45) is 5.73 Å². The van der Waals surface area contributed by atoms with Gasteiger partial charge in [0.1, 0.15) is 0 Å². The van der Waals surface area contributed by atoms with Crippen molar-refractivity contribution >= 4 is 40.0 Å². The summed E-state index contributed by atoms with van der Waals surface area (Å²) in [7, 11) is 0. The van der Waals surface area contributed by atoms with E-state index in [1.807, 2.05) is 0 Å². The molecule has 0 aliphatic rings. The van der Waals surface area contributed by atoms with Gasteiger partial charge in [0.05, 0.1) is 33.1 Å². The number of anilines is 1. The molecule has 0 spiro atoms. The molecule has 2 aromatic heterocycles. The van der Waals surface area contributed by atoms with Crippen LogP contribution >= 0.6 is 23.1 Å². The summed E-state index contributed by atoms with van der Waals surface area (Å²) in [6.45, 7) is 3.31. The molecule has 3 rings (SSSR count). The Bertz CT molecular complexity index is 1110. The number of hydrogen-bond acceptors (Lipinski definition) is 6. The summed E-state index contributed by atoms with van der Waals surface area (Å²) in [6.07, 6.45) is -3.93. The maximum absolute atomic E-state index is 13.8. The molecule has 1 aromatic carbocycles. The fraction of sp³-hybridized carbons (Fsp3) is 0.222. The second kappa shape index (κ2) is 8.48. The molecule has 12 heteroatoms. The van der Waals surface area contributed by atoms with Crippen LogP contribution in [0.25, 0.3) is 5.69 Å². The molecule has 2 heterocycles. The molecular weight excluding hydrogens is 439 g/mol. The van der Waals surface area contributed by atoms with Crippen molar-refractivity contribution in [3.05, 3.63) is 53.0 Å². The standard InChI is InChI=1S/C18H16F3N5O2S2/c1-9-5-3-4-6-12(9)26-14(18(19,20)21)11(7-23-26)15(28)25-17-24-10(2)16(30-17)29-8-13(22)27/h3-7H,8H2,1-2H3,(H2,22,27)(H,24,25,28). The van der Waals surface area contributed by atoms with E-state index in [0.29, 0.717) is 20.1 Å². The van der Waals surface area contributed by atoms with Gasteiger partial charge in [-0.1, -0.05) is 29.5 Å². The first-order valence-electron chi connectivity index (χ1n) is 8.49. The molecule has 0 aliphatic heterocycles. The molecule has 0 saturated carbocycles. The molecule has 2 amide bonds. The molecule has 0 atom stereocenters. The van der Waals surface area contributed by atoms with Gasteiger partial charge in [-0.2, -0.15) is 18.3 Å². The van der Waals surface area contributed by atoms with Crippen LogP contribution in [0.4, 0.5) is 18.3 Å². The number of halogens is 3. The number of rotatable bonds is 6. The Kier molecular flexibility index (Phi) is 6.17. The van der Waals surface area contributed by atoms with E-state index in [4.69, 9.17) is 5.73 Å². The van der Waals surface area contributed by atoms with Crippen molar-refractivity contribution in [1.29, 1.82) is 0 Å². The monoisotopic (exact) mass is 455 g/mol. The lowest BCUT2D eigenvalue weighted by atomic mass is 10.2. The van der Waals surface area contributed by atoms with Gasteiger partial charge in [-0.15, -0.1) is 11.8 Å². The molecule has 0 radical (unpaired) electrons. The van der Waals surface area contributed by atoms with Crippen LogP contribution in [0.2, 0.25) is 0 Å². The number of thiazole rings is 1. The van der Waals surface area contributed by atoms with Crippen LogP contribution < -0.4 is 11.1 Å². The Balaban J connectivity index is 1.93. The zero-order valence-corrected chi connectivity index (χ0v) is 17.4. The number of aromatic nitrogens is 3. The van der Waals surface area contributed by atoms with Crippen molar-refractivity contribution in [3.8, 4) is 5.69 Å². The van der Waals surface area contributed by atoms with Crippen LogP contribution in [0.15, 0.2) is 34.7 Å². The number of para-hydroxylation sites is 1. The van der Waals surface area contributed by atoms with E-state index < -0.39 is 29.2 Å². The lowest BCUT2D eigenvalue weighted by Gasteiger charge is -2.14. The fourth-order valence-electron chi connectivity index (χ4n) is 2.64. The first kappa shape index (κ1) is 21.8. The first-order valence-corrected chi connectivity index (χ1v) is 10.3. The maximum atomic E-state index is 13.8. The molecule has 3 aromatic rings. The summed E-state index contributed by atoms with van der Waals surface area (Å²) >= 11 is 2.19. The Morgan fingerprint density at radius 3 is 2.60 bits per heavy atom. The maximum Gasteiger partial charge on any atom is 0.434 e. The Morgan fingerprint density at radius 2 is 1.97 bits per heavy atom. The summed E-state index contributed by atoms with van der Waals surface area (Å²) in [5, 5.41) is 6.31. The number of benzene rings is 1. The number of nitrogens with one attached hydrogen (secondary N) is 1. The van der Waals surface area contributed by atoms with Crippen LogP contribution in [0, 0.1) is 13.8 Å². The third kappa shape index (κ3) is 4.65. The summed E-state index contributed by atoms with van der Waals surface area (Å²) in [4.78, 5) is 27.7. The zero-order valence-electron chi connectivity index (χ0n) is 15.8. The predicted molar refractivity (Wildman–Crippen MR) is 108 cm³/mol. The van der Waals surface area contributed by atoms with Gasteiger partial charge in [0.15, 0.2) is 10.8 Å². The number of carbonyl (C=O) groups excluding carboxylic acids is 2. The van der Waals surface area contributed by atoms with E-state index in [1.54, 1.807) is 32.0 Å². The third-order valence-electron chi connectivity index (χ3n) is 3.95. The molecule has 158 valence electrons.